The van der Waals surface area contributed by atoms with Crippen LogP contribution in [0, 0.1) is 0 Å². The van der Waals surface area contributed by atoms with Crippen molar-refractivity contribution in [1.29, 1.82) is 0 Å². The van der Waals surface area contributed by atoms with Crippen molar-refractivity contribution in [2.24, 2.45) is 0 Å². The number of nitrogens with two attached hydrogens (primary N) is 1. The van der Waals surface area contributed by atoms with Crippen molar-refractivity contribution >= 4 is 23.2 Å². The molecular formula is C16H14N2O3. The van der Waals surface area contributed by atoms with Crippen molar-refractivity contribution in [3.05, 3.63) is 53.6 Å². The van der Waals surface area contributed by atoms with Crippen molar-refractivity contribution in [2.75, 3.05) is 17.2 Å². The lowest BCUT2D eigenvalue weighted by Crippen LogP contribution is -2.29. The van der Waals surface area contributed by atoms with Crippen molar-refractivity contribution < 1.29 is 14.3 Å². The van der Waals surface area contributed by atoms with Crippen LogP contribution in [0.25, 0.3) is 0 Å². The van der Waals surface area contributed by atoms with Crippen molar-refractivity contribution in [2.45, 2.75) is 6.92 Å². The number of nitrogen functional groups attached to an aromatic ring is 1. The van der Waals surface area contributed by atoms with Gasteiger partial charge in [-0.2, -0.15) is 0 Å². The highest BCUT2D eigenvalue weighted by Crippen LogP contribution is 2.30. The minimum atomic E-state index is -0.355. The predicted molar refractivity (Wildman–Crippen MR) is 79.6 cm³/mol. The first kappa shape index (κ1) is 13.2. The summed E-state index contributed by atoms with van der Waals surface area (Å²) in [6, 6.07) is 11.6. The largest absolute Gasteiger partial charge is 0.494 e. The average Bonchev–Trinajstić information content (AvgIpc) is 2.72. The first-order chi connectivity index (χ1) is 10.1. The average molecular weight is 282 g/mol. The molecule has 2 aromatic carbocycles. The molecule has 0 radical (unpaired) electrons. The van der Waals surface area contributed by atoms with E-state index in [9.17, 15) is 9.59 Å². The van der Waals surface area contributed by atoms with Crippen molar-refractivity contribution in [3.8, 4) is 5.75 Å². The van der Waals surface area contributed by atoms with Crippen LogP contribution in [0.15, 0.2) is 42.5 Å². The van der Waals surface area contributed by atoms with Crippen molar-refractivity contribution in [3.63, 3.8) is 0 Å². The van der Waals surface area contributed by atoms with Crippen LogP contribution in [-0.4, -0.2) is 18.4 Å². The second-order valence-electron chi connectivity index (χ2n) is 4.68. The Kier molecular flexibility index (Phi) is 3.10. The van der Waals surface area contributed by atoms with E-state index in [0.717, 1.165) is 4.90 Å². The standard InChI is InChI=1S/C16H14N2O3/c1-2-21-12-6-4-11(5-7-12)18-15(19)13-8-3-10(17)9-14(13)16(18)20/h3-9H,2,17H2,1H3. The highest BCUT2D eigenvalue weighted by molar-refractivity contribution is 6.34. The summed E-state index contributed by atoms with van der Waals surface area (Å²) in [5.41, 5.74) is 7.38. The van der Waals surface area contributed by atoms with Crippen molar-refractivity contribution in [1.82, 2.24) is 0 Å². The number of fused-ring (bicyclic) bond motifs is 1. The van der Waals surface area contributed by atoms with Gasteiger partial charge in [-0.05, 0) is 49.4 Å². The Morgan fingerprint density at radius 3 is 2.33 bits per heavy atom. The molecule has 5 heteroatoms. The fourth-order valence-corrected chi connectivity index (χ4v) is 2.35. The maximum Gasteiger partial charge on any atom is 0.266 e. The zero-order valence-corrected chi connectivity index (χ0v) is 11.5. The molecular weight excluding hydrogens is 268 g/mol. The summed E-state index contributed by atoms with van der Waals surface area (Å²) < 4.78 is 5.35. The third-order valence-corrected chi connectivity index (χ3v) is 3.32. The molecule has 5 nitrogen and oxygen atoms in total. The molecule has 2 amide bonds. The second-order valence-corrected chi connectivity index (χ2v) is 4.68. The van der Waals surface area contributed by atoms with E-state index >= 15 is 0 Å². The Balaban J connectivity index is 1.97. The van der Waals surface area contributed by atoms with Gasteiger partial charge in [-0.25, -0.2) is 4.90 Å². The number of nitrogens with zero attached hydrogens (tertiary/aromatic N) is 1. The third kappa shape index (κ3) is 2.12. The molecule has 2 N–H and O–H groups in total. The molecule has 3 rings (SSSR count). The quantitative estimate of drug-likeness (QED) is 0.693. The number of hydrogen-bond acceptors (Lipinski definition) is 4. The summed E-state index contributed by atoms with van der Waals surface area (Å²) in [5.74, 6) is 0.00715. The minimum Gasteiger partial charge on any atom is -0.494 e. The Hall–Kier alpha value is -2.82. The topological polar surface area (TPSA) is 72.6 Å². The second kappa shape index (κ2) is 4.94. The Morgan fingerprint density at radius 2 is 1.67 bits per heavy atom. The third-order valence-electron chi connectivity index (χ3n) is 3.32. The lowest BCUT2D eigenvalue weighted by molar-refractivity contribution is 0.0926. The van der Waals surface area contributed by atoms with Crippen LogP contribution in [0.4, 0.5) is 11.4 Å². The number of carbonyl (C=O) groups excluding carboxylic acids is 2. The van der Waals surface area contributed by atoms with Gasteiger partial charge in [0, 0.05) is 5.69 Å². The van der Waals surface area contributed by atoms with Crippen LogP contribution >= 0.6 is 0 Å². The Labute approximate surface area is 121 Å². The summed E-state index contributed by atoms with van der Waals surface area (Å²) in [7, 11) is 0. The maximum absolute atomic E-state index is 12.4. The number of carbonyl (C=O) groups is 2. The van der Waals surface area contributed by atoms with E-state index in [1.165, 1.54) is 6.07 Å². The van der Waals surface area contributed by atoms with Crippen LogP contribution in [0.3, 0.4) is 0 Å². The van der Waals surface area contributed by atoms with E-state index in [0.29, 0.717) is 34.9 Å². The van der Waals surface area contributed by atoms with E-state index < -0.39 is 0 Å². The van der Waals surface area contributed by atoms with Gasteiger partial charge in [-0.3, -0.25) is 9.59 Å². The fourth-order valence-electron chi connectivity index (χ4n) is 2.35. The number of rotatable bonds is 3. The summed E-state index contributed by atoms with van der Waals surface area (Å²) in [5, 5.41) is 0. The van der Waals surface area contributed by atoms with Crippen LogP contribution in [0.2, 0.25) is 0 Å². The molecule has 0 unspecified atom stereocenters. The van der Waals surface area contributed by atoms with Gasteiger partial charge in [-0.1, -0.05) is 0 Å². The highest BCUT2D eigenvalue weighted by Gasteiger charge is 2.36. The summed E-state index contributed by atoms with van der Waals surface area (Å²) >= 11 is 0. The molecule has 21 heavy (non-hydrogen) atoms. The number of anilines is 2. The first-order valence-electron chi connectivity index (χ1n) is 6.63. The monoisotopic (exact) mass is 282 g/mol. The fraction of sp³-hybridized carbons (Fsp3) is 0.125. The molecule has 0 saturated carbocycles. The molecule has 1 aliphatic heterocycles. The summed E-state index contributed by atoms with van der Waals surface area (Å²) in [4.78, 5) is 25.9. The normalized spacial score (nSPS) is 13.5. The molecule has 106 valence electrons. The molecule has 2 aromatic rings. The maximum atomic E-state index is 12.4. The van der Waals surface area contributed by atoms with Gasteiger partial charge in [0.15, 0.2) is 0 Å². The zero-order valence-electron chi connectivity index (χ0n) is 11.5. The number of hydrogen-bond donors (Lipinski definition) is 1. The van der Waals surface area contributed by atoms with Crippen LogP contribution in [0.1, 0.15) is 27.6 Å². The van der Waals surface area contributed by atoms with Gasteiger partial charge in [0.05, 0.1) is 23.4 Å². The zero-order chi connectivity index (χ0) is 15.0. The predicted octanol–water partition coefficient (Wildman–Crippen LogP) is 2.47. The molecule has 0 aromatic heterocycles. The molecule has 0 spiro atoms. The Bertz CT molecular complexity index is 723. The van der Waals surface area contributed by atoms with E-state index in [2.05, 4.69) is 0 Å². The molecule has 0 atom stereocenters. The van der Waals surface area contributed by atoms with Crippen LogP contribution < -0.4 is 15.4 Å². The molecule has 0 bridgehead atoms. The van der Waals surface area contributed by atoms with Gasteiger partial charge in [0.25, 0.3) is 11.8 Å². The van der Waals surface area contributed by atoms with Gasteiger partial charge >= 0.3 is 0 Å². The smallest absolute Gasteiger partial charge is 0.266 e. The van der Waals surface area contributed by atoms with Crippen LogP contribution in [0.5, 0.6) is 5.75 Å². The van der Waals surface area contributed by atoms with E-state index in [4.69, 9.17) is 10.5 Å². The molecule has 0 saturated heterocycles. The van der Waals surface area contributed by atoms with E-state index in [1.54, 1.807) is 36.4 Å². The minimum absolute atomic E-state index is 0.334. The number of imide groups is 1. The first-order valence-corrected chi connectivity index (χ1v) is 6.63. The van der Waals surface area contributed by atoms with Gasteiger partial charge in [0.1, 0.15) is 5.75 Å². The number of ether oxygens (including phenoxy) is 1. The lowest BCUT2D eigenvalue weighted by Gasteiger charge is -2.14. The van der Waals surface area contributed by atoms with E-state index in [-0.39, 0.29) is 11.8 Å². The lowest BCUT2D eigenvalue weighted by atomic mass is 10.1. The molecule has 1 heterocycles. The molecule has 0 aliphatic carbocycles. The SMILES string of the molecule is CCOc1ccc(N2C(=O)c3ccc(N)cc3C2=O)cc1. The molecule has 1 aliphatic rings. The highest BCUT2D eigenvalue weighted by atomic mass is 16.5. The van der Waals surface area contributed by atoms with Gasteiger partial charge in [0.2, 0.25) is 0 Å². The van der Waals surface area contributed by atoms with E-state index in [1.807, 2.05) is 6.92 Å². The van der Waals surface area contributed by atoms with Gasteiger partial charge in [-0.15, -0.1) is 0 Å². The number of benzene rings is 2. The van der Waals surface area contributed by atoms with Gasteiger partial charge < -0.3 is 10.5 Å². The summed E-state index contributed by atoms with van der Waals surface area (Å²) in [6.07, 6.45) is 0. The Morgan fingerprint density at radius 1 is 1.00 bits per heavy atom. The summed E-state index contributed by atoms with van der Waals surface area (Å²) in [6.45, 7) is 2.45. The number of amides is 2. The molecule has 0 fully saturated rings. The van der Waals surface area contributed by atoms with Crippen LogP contribution in [-0.2, 0) is 0 Å².